The first-order valence-corrected chi connectivity index (χ1v) is 14.6. The van der Waals surface area contributed by atoms with E-state index in [9.17, 15) is 9.59 Å². The summed E-state index contributed by atoms with van der Waals surface area (Å²) in [6.07, 6.45) is 1.15. The minimum Gasteiger partial charge on any atom is -0.388 e. The number of ether oxygens (including phenoxy) is 1. The van der Waals surface area contributed by atoms with E-state index in [0.717, 1.165) is 19.4 Å². The fraction of sp³-hybridized carbons (Fsp3) is 0.533. The number of aldehydes is 1. The third kappa shape index (κ3) is 6.54. The van der Waals surface area contributed by atoms with Crippen molar-refractivity contribution in [2.45, 2.75) is 50.6 Å². The Balaban J connectivity index is 1.86. The van der Waals surface area contributed by atoms with Gasteiger partial charge in [0.05, 0.1) is 34.7 Å². The van der Waals surface area contributed by atoms with Gasteiger partial charge in [-0.1, -0.05) is 56.1 Å². The highest BCUT2D eigenvalue weighted by Gasteiger charge is 2.60. The van der Waals surface area contributed by atoms with Crippen LogP contribution in [0.5, 0.6) is 0 Å². The van der Waals surface area contributed by atoms with Crippen LogP contribution in [0.3, 0.4) is 0 Å². The molecule has 1 amide bonds. The molecule has 0 unspecified atom stereocenters. The summed E-state index contributed by atoms with van der Waals surface area (Å²) in [4.78, 5) is 29.6. The summed E-state index contributed by atoms with van der Waals surface area (Å²) < 4.78 is 36.3. The summed E-state index contributed by atoms with van der Waals surface area (Å²) in [6, 6.07) is 5.48. The number of benzene rings is 2. The largest absolute Gasteiger partial charge is 0.388 e. The predicted molar refractivity (Wildman–Crippen MR) is 158 cm³/mol. The highest BCUT2D eigenvalue weighted by Crippen LogP contribution is 2.53. The number of rotatable bonds is 9. The van der Waals surface area contributed by atoms with Gasteiger partial charge >= 0.3 is 0 Å². The molecule has 0 spiro atoms. The van der Waals surface area contributed by atoms with E-state index in [1.54, 1.807) is 13.1 Å². The third-order valence-corrected chi connectivity index (χ3v) is 8.62. The minimum atomic E-state index is -1.56. The van der Waals surface area contributed by atoms with Crippen molar-refractivity contribution in [3.8, 4) is 0 Å². The fourth-order valence-corrected chi connectivity index (χ4v) is 6.51. The Bertz CT molecular complexity index is 1270. The molecule has 0 aliphatic carbocycles. The van der Waals surface area contributed by atoms with Crippen molar-refractivity contribution in [2.24, 2.45) is 5.41 Å². The maximum atomic E-state index is 15.8. The van der Waals surface area contributed by atoms with Crippen molar-refractivity contribution in [3.63, 3.8) is 0 Å². The van der Waals surface area contributed by atoms with E-state index in [1.807, 2.05) is 20.8 Å². The van der Waals surface area contributed by atoms with Crippen molar-refractivity contribution < 1.29 is 23.1 Å². The van der Waals surface area contributed by atoms with Gasteiger partial charge in [-0.2, -0.15) is 0 Å². The molecule has 2 aromatic carbocycles. The number of hydrogen-bond donors (Lipinski definition) is 3. The van der Waals surface area contributed by atoms with Crippen LogP contribution in [-0.4, -0.2) is 75.6 Å². The number of morpholine rings is 1. The van der Waals surface area contributed by atoms with Crippen molar-refractivity contribution in [1.29, 1.82) is 0 Å². The van der Waals surface area contributed by atoms with Gasteiger partial charge in [-0.25, -0.2) is 8.78 Å². The number of carbonyl (C=O) groups is 2. The molecule has 2 aliphatic heterocycles. The molecule has 11 heteroatoms. The average Bonchev–Trinajstić information content (AvgIpc) is 3.25. The van der Waals surface area contributed by atoms with E-state index >= 15 is 8.78 Å². The molecule has 2 saturated heterocycles. The Labute approximate surface area is 250 Å². The fourth-order valence-electron chi connectivity index (χ4n) is 6.17. The lowest BCUT2D eigenvalue weighted by molar-refractivity contribution is -0.123. The zero-order valence-electron chi connectivity index (χ0n) is 23.8. The van der Waals surface area contributed by atoms with Gasteiger partial charge in [0.2, 0.25) is 5.91 Å². The smallest absolute Gasteiger partial charge is 0.237 e. The first-order valence-electron chi connectivity index (χ1n) is 13.8. The van der Waals surface area contributed by atoms with Crippen LogP contribution in [0, 0.1) is 17.0 Å². The maximum absolute atomic E-state index is 15.8. The van der Waals surface area contributed by atoms with Gasteiger partial charge in [-0.3, -0.25) is 9.69 Å². The number of nitrogens with one attached hydrogen (secondary N) is 3. The molecule has 2 fully saturated rings. The standard InChI is InChI=1S/C30H38Cl2F2N4O3/c1-29(2,3)16-24-30(17-39,19-14-22(33)21(32)15-23(19)35-4)25(18-6-5-7-20(31)26(18)34)27(37-24)28(40)36-8-9-38-10-12-41-13-11-38/h5-7,14-15,17,24-25,27,35,37H,8-13,16H2,1-4H3,(H,36,40)/t24-,25+,27-,30-/m1/s1. The molecule has 224 valence electrons. The van der Waals surface area contributed by atoms with Gasteiger partial charge in [0, 0.05) is 50.9 Å². The zero-order chi connectivity index (χ0) is 29.9. The van der Waals surface area contributed by atoms with Crippen molar-refractivity contribution in [1.82, 2.24) is 15.5 Å². The Morgan fingerprint density at radius 3 is 2.54 bits per heavy atom. The summed E-state index contributed by atoms with van der Waals surface area (Å²) in [6.45, 7) is 9.82. The van der Waals surface area contributed by atoms with E-state index in [-0.39, 0.29) is 32.5 Å². The van der Waals surface area contributed by atoms with Gasteiger partial charge in [0.15, 0.2) is 0 Å². The summed E-state index contributed by atoms with van der Waals surface area (Å²) in [5.41, 5.74) is -1.08. The average molecular weight is 612 g/mol. The number of amides is 1. The van der Waals surface area contributed by atoms with E-state index in [1.165, 1.54) is 24.3 Å². The first kappa shape index (κ1) is 31.6. The SMILES string of the molecule is CNc1cc(Cl)c(F)cc1[C@]1(C=O)[C@@H](CC(C)(C)C)N[C@@H](C(=O)NCCN2CCOCC2)[C@@H]1c1cccc(Cl)c1F. The van der Waals surface area contributed by atoms with Crippen molar-refractivity contribution in [3.05, 3.63) is 63.1 Å². The van der Waals surface area contributed by atoms with Crippen LogP contribution < -0.4 is 16.0 Å². The molecule has 4 atom stereocenters. The van der Waals surface area contributed by atoms with Crippen LogP contribution in [0.25, 0.3) is 0 Å². The molecule has 0 aromatic heterocycles. The molecule has 3 N–H and O–H groups in total. The van der Waals surface area contributed by atoms with E-state index in [0.29, 0.717) is 38.4 Å². The predicted octanol–water partition coefficient (Wildman–Crippen LogP) is 4.76. The summed E-state index contributed by atoms with van der Waals surface area (Å²) in [5, 5.41) is 9.13. The molecule has 0 saturated carbocycles. The van der Waals surface area contributed by atoms with Gasteiger partial charge in [-0.05, 0) is 41.2 Å². The van der Waals surface area contributed by atoms with E-state index in [2.05, 4.69) is 20.9 Å². The highest BCUT2D eigenvalue weighted by atomic mass is 35.5. The third-order valence-electron chi connectivity index (χ3n) is 8.04. The van der Waals surface area contributed by atoms with Crippen LogP contribution in [0.4, 0.5) is 14.5 Å². The molecule has 2 aromatic rings. The number of hydrogen-bond acceptors (Lipinski definition) is 6. The molecule has 41 heavy (non-hydrogen) atoms. The molecular formula is C30H38Cl2F2N4O3. The summed E-state index contributed by atoms with van der Waals surface area (Å²) >= 11 is 12.4. The van der Waals surface area contributed by atoms with Gasteiger partial charge < -0.3 is 25.5 Å². The van der Waals surface area contributed by atoms with Gasteiger partial charge in [-0.15, -0.1) is 0 Å². The second-order valence-electron chi connectivity index (χ2n) is 11.9. The van der Waals surface area contributed by atoms with Crippen molar-refractivity contribution in [2.75, 3.05) is 51.8 Å². The quantitative estimate of drug-likeness (QED) is 0.355. The second kappa shape index (κ2) is 12.9. The number of nitrogens with zero attached hydrogens (tertiary/aromatic N) is 1. The number of carbonyl (C=O) groups excluding carboxylic acids is 2. The summed E-state index contributed by atoms with van der Waals surface area (Å²) in [7, 11) is 1.64. The van der Waals surface area contributed by atoms with Crippen LogP contribution in [-0.2, 0) is 19.7 Å². The Kier molecular flexibility index (Phi) is 9.96. The van der Waals surface area contributed by atoms with E-state index in [4.69, 9.17) is 27.9 Å². The summed E-state index contributed by atoms with van der Waals surface area (Å²) in [5.74, 6) is -2.89. The van der Waals surface area contributed by atoms with Crippen LogP contribution in [0.2, 0.25) is 10.0 Å². The minimum absolute atomic E-state index is 0.0965. The Hall–Kier alpha value is -2.30. The lowest BCUT2D eigenvalue weighted by atomic mass is 9.62. The molecular weight excluding hydrogens is 573 g/mol. The molecule has 4 rings (SSSR count). The molecule has 0 bridgehead atoms. The molecule has 2 aliphatic rings. The van der Waals surface area contributed by atoms with Gasteiger partial charge in [0.25, 0.3) is 0 Å². The molecule has 7 nitrogen and oxygen atoms in total. The molecule has 2 heterocycles. The lowest BCUT2D eigenvalue weighted by Gasteiger charge is -2.39. The Morgan fingerprint density at radius 1 is 1.20 bits per heavy atom. The van der Waals surface area contributed by atoms with Gasteiger partial charge in [0.1, 0.15) is 17.9 Å². The maximum Gasteiger partial charge on any atom is 0.237 e. The highest BCUT2D eigenvalue weighted by molar-refractivity contribution is 6.31. The normalized spacial score (nSPS) is 25.2. The lowest BCUT2D eigenvalue weighted by Crippen LogP contribution is -2.48. The number of halogens is 4. The monoisotopic (exact) mass is 610 g/mol. The number of anilines is 1. The van der Waals surface area contributed by atoms with Crippen LogP contribution in [0.15, 0.2) is 30.3 Å². The first-order chi connectivity index (χ1) is 19.4. The Morgan fingerprint density at radius 2 is 1.90 bits per heavy atom. The van der Waals surface area contributed by atoms with Crippen molar-refractivity contribution >= 4 is 41.1 Å². The van der Waals surface area contributed by atoms with Crippen LogP contribution >= 0.6 is 23.2 Å². The second-order valence-corrected chi connectivity index (χ2v) is 12.8. The molecule has 0 radical (unpaired) electrons. The zero-order valence-corrected chi connectivity index (χ0v) is 25.3. The topological polar surface area (TPSA) is 82.7 Å². The van der Waals surface area contributed by atoms with Crippen LogP contribution in [0.1, 0.15) is 44.2 Å². The van der Waals surface area contributed by atoms with E-state index < -0.39 is 35.1 Å².